The van der Waals surface area contributed by atoms with Crippen LogP contribution in [0.2, 0.25) is 0 Å². The highest BCUT2D eigenvalue weighted by Gasteiger charge is 2.30. The zero-order valence-electron chi connectivity index (χ0n) is 66.9. The van der Waals surface area contributed by atoms with Crippen molar-refractivity contribution in [3.05, 3.63) is 0 Å². The fourth-order valence-electron chi connectivity index (χ4n) is 12.9. The van der Waals surface area contributed by atoms with Gasteiger partial charge < -0.3 is 33.8 Å². The lowest BCUT2D eigenvalue weighted by atomic mass is 10.0. The second kappa shape index (κ2) is 74.5. The number of carbonyl (C=O) groups is 4. The number of phosphoric ester groups is 2. The van der Waals surface area contributed by atoms with Gasteiger partial charge in [-0.1, -0.05) is 388 Å². The standard InChI is InChI=1S/C83H162O17P2/c1-7-9-11-13-15-17-19-21-23-25-26-27-29-31-35-39-43-47-55-61-67-82(87)99-78(71-93-80(85)65-59-53-46-42-38-34-30-28-24-22-20-18-16-14-12-10-8-2)73-97-101(89,90)95-69-77(84)70-96-102(91,92)98-74-79(72-94-81(86)66-60-54-50-49-52-58-64-76(5)6)100-83(88)68-62-56-48-44-40-36-32-33-37-41-45-51-57-63-75(3)4/h75-79,84H,7-74H2,1-6H3,(H,89,90)(H,91,92)/t77-,78-,79-/m1/s1. The van der Waals surface area contributed by atoms with Crippen LogP contribution >= 0.6 is 15.6 Å². The third-order valence-electron chi connectivity index (χ3n) is 19.5. The highest BCUT2D eigenvalue weighted by atomic mass is 31.2. The molecule has 0 heterocycles. The summed E-state index contributed by atoms with van der Waals surface area (Å²) in [5.41, 5.74) is 0. The lowest BCUT2D eigenvalue weighted by Crippen LogP contribution is -2.30. The first kappa shape index (κ1) is 100. The van der Waals surface area contributed by atoms with Crippen molar-refractivity contribution >= 4 is 39.5 Å². The molecule has 0 rings (SSSR count). The summed E-state index contributed by atoms with van der Waals surface area (Å²) in [5, 5.41) is 10.7. The summed E-state index contributed by atoms with van der Waals surface area (Å²) >= 11 is 0. The molecule has 606 valence electrons. The van der Waals surface area contributed by atoms with Gasteiger partial charge in [-0.15, -0.1) is 0 Å². The van der Waals surface area contributed by atoms with Gasteiger partial charge in [0.2, 0.25) is 0 Å². The molecule has 0 radical (unpaired) electrons. The van der Waals surface area contributed by atoms with Gasteiger partial charge in [0.15, 0.2) is 12.2 Å². The van der Waals surface area contributed by atoms with Crippen LogP contribution in [0.15, 0.2) is 0 Å². The lowest BCUT2D eigenvalue weighted by Gasteiger charge is -2.21. The van der Waals surface area contributed by atoms with Crippen LogP contribution in [0.25, 0.3) is 0 Å². The van der Waals surface area contributed by atoms with E-state index in [4.69, 9.17) is 37.0 Å². The smallest absolute Gasteiger partial charge is 0.462 e. The van der Waals surface area contributed by atoms with Crippen molar-refractivity contribution in [1.29, 1.82) is 0 Å². The Balaban J connectivity index is 5.22. The van der Waals surface area contributed by atoms with Gasteiger partial charge >= 0.3 is 39.5 Å². The van der Waals surface area contributed by atoms with Gasteiger partial charge in [-0.05, 0) is 37.5 Å². The van der Waals surface area contributed by atoms with Crippen LogP contribution in [-0.2, 0) is 65.4 Å². The molecule has 3 N–H and O–H groups in total. The summed E-state index contributed by atoms with van der Waals surface area (Å²) in [6, 6.07) is 0. The number of ether oxygens (including phenoxy) is 4. The van der Waals surface area contributed by atoms with E-state index in [0.29, 0.717) is 31.6 Å². The lowest BCUT2D eigenvalue weighted by molar-refractivity contribution is -0.161. The molecule has 0 saturated heterocycles. The van der Waals surface area contributed by atoms with E-state index in [9.17, 15) is 43.2 Å². The number of phosphoric acid groups is 2. The summed E-state index contributed by atoms with van der Waals surface area (Å²) in [6.45, 7) is 9.58. The second-order valence-corrected chi connectivity index (χ2v) is 33.7. The number of hydrogen-bond acceptors (Lipinski definition) is 15. The first-order valence-corrected chi connectivity index (χ1v) is 46.0. The van der Waals surface area contributed by atoms with Crippen LogP contribution in [0, 0.1) is 11.8 Å². The first-order chi connectivity index (χ1) is 49.4. The van der Waals surface area contributed by atoms with Gasteiger partial charge in [0, 0.05) is 25.7 Å². The molecule has 0 spiro atoms. The minimum Gasteiger partial charge on any atom is -0.462 e. The first-order valence-electron chi connectivity index (χ1n) is 43.0. The minimum absolute atomic E-state index is 0.106. The molecular formula is C83H162O17P2. The average Bonchev–Trinajstić information content (AvgIpc) is 0.913. The molecule has 0 aliphatic rings. The van der Waals surface area contributed by atoms with Crippen molar-refractivity contribution in [3.63, 3.8) is 0 Å². The van der Waals surface area contributed by atoms with E-state index in [1.54, 1.807) is 0 Å². The fourth-order valence-corrected chi connectivity index (χ4v) is 14.5. The Bertz CT molecular complexity index is 1960. The number of hydrogen-bond donors (Lipinski definition) is 3. The molecule has 5 atom stereocenters. The molecule has 0 saturated carbocycles. The molecule has 102 heavy (non-hydrogen) atoms. The maximum absolute atomic E-state index is 13.1. The Labute approximate surface area is 626 Å². The zero-order chi connectivity index (χ0) is 74.9. The Morgan fingerprint density at radius 1 is 0.265 bits per heavy atom. The van der Waals surface area contributed by atoms with Crippen LogP contribution in [0.3, 0.4) is 0 Å². The molecule has 0 aromatic rings. The van der Waals surface area contributed by atoms with E-state index < -0.39 is 97.5 Å². The van der Waals surface area contributed by atoms with E-state index in [0.717, 1.165) is 102 Å². The van der Waals surface area contributed by atoms with E-state index in [1.807, 2.05) is 0 Å². The number of unbranched alkanes of at least 4 members (excludes halogenated alkanes) is 52. The molecule has 0 amide bonds. The van der Waals surface area contributed by atoms with E-state index in [1.165, 1.54) is 250 Å². The maximum atomic E-state index is 13.1. The molecule has 0 aromatic carbocycles. The average molecular weight is 1490 g/mol. The zero-order valence-corrected chi connectivity index (χ0v) is 68.7. The van der Waals surface area contributed by atoms with E-state index in [-0.39, 0.29) is 25.7 Å². The number of aliphatic hydroxyl groups excluding tert-OH is 1. The third kappa shape index (κ3) is 76.3. The van der Waals surface area contributed by atoms with Crippen molar-refractivity contribution < 1.29 is 80.2 Å². The van der Waals surface area contributed by atoms with E-state index in [2.05, 4.69) is 41.5 Å². The van der Waals surface area contributed by atoms with Crippen molar-refractivity contribution in [3.8, 4) is 0 Å². The number of aliphatic hydroxyl groups is 1. The summed E-state index contributed by atoms with van der Waals surface area (Å²) in [4.78, 5) is 73.1. The molecule has 0 aliphatic carbocycles. The van der Waals surface area contributed by atoms with Gasteiger partial charge in [-0.2, -0.15) is 0 Å². The van der Waals surface area contributed by atoms with Crippen molar-refractivity contribution in [2.24, 2.45) is 11.8 Å². The van der Waals surface area contributed by atoms with Gasteiger partial charge in [-0.25, -0.2) is 9.13 Å². The Morgan fingerprint density at radius 2 is 0.451 bits per heavy atom. The normalized spacial score (nSPS) is 13.9. The van der Waals surface area contributed by atoms with Crippen LogP contribution < -0.4 is 0 Å². The second-order valence-electron chi connectivity index (χ2n) is 30.8. The SMILES string of the molecule is CCCCCCCCCCCCCCCCCCCCCCC(=O)O[C@H](COC(=O)CCCCCCCCCCCCCCCCCCC)COP(=O)(O)OC[C@@H](O)COP(=O)(O)OC[C@@H](COC(=O)CCCCCCCCC(C)C)OC(=O)CCCCCCCCCCCCCCCC(C)C. The van der Waals surface area contributed by atoms with Crippen LogP contribution in [-0.4, -0.2) is 96.7 Å². The van der Waals surface area contributed by atoms with Crippen LogP contribution in [0.1, 0.15) is 440 Å². The molecule has 0 bridgehead atoms. The Kier molecular flexibility index (Phi) is 73.1. The van der Waals surface area contributed by atoms with Crippen LogP contribution in [0.4, 0.5) is 0 Å². The van der Waals surface area contributed by atoms with Crippen molar-refractivity contribution in [1.82, 2.24) is 0 Å². The predicted molar refractivity (Wildman–Crippen MR) is 418 cm³/mol. The topological polar surface area (TPSA) is 237 Å². The van der Waals surface area contributed by atoms with Gasteiger partial charge in [-0.3, -0.25) is 37.3 Å². The molecular weight excluding hydrogens is 1330 g/mol. The van der Waals surface area contributed by atoms with Crippen molar-refractivity contribution in [2.45, 2.75) is 458 Å². The summed E-state index contributed by atoms with van der Waals surface area (Å²) < 4.78 is 68.8. The number of rotatable bonds is 82. The quantitative estimate of drug-likeness (QED) is 0.0222. The molecule has 19 heteroatoms. The van der Waals surface area contributed by atoms with Gasteiger partial charge in [0.05, 0.1) is 26.4 Å². The highest BCUT2D eigenvalue weighted by Crippen LogP contribution is 2.45. The molecule has 2 unspecified atom stereocenters. The Morgan fingerprint density at radius 3 is 0.667 bits per heavy atom. The molecule has 0 aliphatic heterocycles. The van der Waals surface area contributed by atoms with Crippen LogP contribution in [0.5, 0.6) is 0 Å². The summed E-state index contributed by atoms with van der Waals surface area (Å²) in [5.74, 6) is -0.642. The molecule has 17 nitrogen and oxygen atoms in total. The predicted octanol–water partition coefficient (Wildman–Crippen LogP) is 25.1. The summed E-state index contributed by atoms with van der Waals surface area (Å²) in [6.07, 6.45) is 65.5. The van der Waals surface area contributed by atoms with Gasteiger partial charge in [0.1, 0.15) is 19.3 Å². The van der Waals surface area contributed by atoms with Gasteiger partial charge in [0.25, 0.3) is 0 Å². The fraction of sp³-hybridized carbons (Fsp3) is 0.952. The minimum atomic E-state index is -4.96. The van der Waals surface area contributed by atoms with E-state index >= 15 is 0 Å². The van der Waals surface area contributed by atoms with Crippen molar-refractivity contribution in [2.75, 3.05) is 39.6 Å². The Hall–Kier alpha value is -1.94. The maximum Gasteiger partial charge on any atom is 0.472 e. The molecule has 0 fully saturated rings. The summed E-state index contributed by atoms with van der Waals surface area (Å²) in [7, 11) is -9.92. The molecule has 0 aromatic heterocycles. The number of esters is 4. The highest BCUT2D eigenvalue weighted by molar-refractivity contribution is 7.47. The largest absolute Gasteiger partial charge is 0.472 e. The monoisotopic (exact) mass is 1490 g/mol. The number of carbonyl (C=O) groups excluding carboxylic acids is 4. The third-order valence-corrected chi connectivity index (χ3v) is 21.4.